The lowest BCUT2D eigenvalue weighted by Crippen LogP contribution is -2.35. The summed E-state index contributed by atoms with van der Waals surface area (Å²) in [4.78, 5) is 12.1. The molecule has 0 amide bonds. The van der Waals surface area contributed by atoms with Gasteiger partial charge < -0.3 is 15.8 Å². The van der Waals surface area contributed by atoms with Crippen LogP contribution in [-0.4, -0.2) is 32.3 Å². The van der Waals surface area contributed by atoms with E-state index in [1.165, 1.54) is 10.4 Å². The molecule has 0 bridgehead atoms. The van der Waals surface area contributed by atoms with Crippen molar-refractivity contribution in [1.29, 1.82) is 5.41 Å². The van der Waals surface area contributed by atoms with Crippen LogP contribution in [0.25, 0.3) is 11.3 Å². The Balaban J connectivity index is 1.36. The van der Waals surface area contributed by atoms with E-state index in [9.17, 15) is 0 Å². The Morgan fingerprint density at radius 1 is 1.32 bits per heavy atom. The van der Waals surface area contributed by atoms with Gasteiger partial charge in [0.2, 0.25) is 5.95 Å². The van der Waals surface area contributed by atoms with E-state index in [2.05, 4.69) is 45.5 Å². The van der Waals surface area contributed by atoms with Crippen LogP contribution in [-0.2, 0) is 31.4 Å². The van der Waals surface area contributed by atoms with Crippen LogP contribution in [0.1, 0.15) is 21.6 Å². The van der Waals surface area contributed by atoms with Gasteiger partial charge in [0.1, 0.15) is 0 Å². The number of thiophene rings is 1. The number of nitrogens with zero attached hydrogens (tertiary/aromatic N) is 5. The maximum atomic E-state index is 8.16. The van der Waals surface area contributed by atoms with Crippen molar-refractivity contribution in [2.75, 3.05) is 16.8 Å². The molecule has 0 unspecified atom stereocenters. The fraction of sp³-hybridized carbons (Fsp3) is 0.250. The molecule has 0 saturated carbocycles. The minimum atomic E-state index is 0.0323. The molecule has 1 aromatic carbocycles. The van der Waals surface area contributed by atoms with Gasteiger partial charge in [0.15, 0.2) is 5.96 Å². The number of aryl methyl sites for hydroxylation is 2. The molecular weight excluding hydrogens is 448 g/mol. The summed E-state index contributed by atoms with van der Waals surface area (Å²) in [6, 6.07) is 10.2. The molecule has 0 radical (unpaired) electrons. The van der Waals surface area contributed by atoms with Gasteiger partial charge in [-0.3, -0.25) is 15.0 Å². The molecule has 0 spiro atoms. The Labute approximate surface area is 201 Å². The van der Waals surface area contributed by atoms with Crippen molar-refractivity contribution < 1.29 is 4.74 Å². The largest absolute Gasteiger partial charge is 0.376 e. The molecule has 0 saturated heterocycles. The Morgan fingerprint density at radius 2 is 2.21 bits per heavy atom. The molecule has 0 fully saturated rings. The summed E-state index contributed by atoms with van der Waals surface area (Å²) < 4.78 is 7.29. The molecule has 34 heavy (non-hydrogen) atoms. The molecule has 10 heteroatoms. The second-order valence-electron chi connectivity index (χ2n) is 8.24. The first-order chi connectivity index (χ1) is 16.5. The van der Waals surface area contributed by atoms with Crippen LogP contribution in [0.4, 0.5) is 16.6 Å². The number of rotatable bonds is 6. The zero-order valence-corrected chi connectivity index (χ0v) is 19.9. The number of nitrogens with one attached hydrogen (secondary N) is 2. The van der Waals surface area contributed by atoms with Gasteiger partial charge in [0.25, 0.3) is 0 Å². The van der Waals surface area contributed by atoms with Gasteiger partial charge in [-0.25, -0.2) is 9.97 Å². The normalized spacial score (nSPS) is 12.9. The number of fused-ring (bicyclic) bond motifs is 1. The Kier molecular flexibility index (Phi) is 5.99. The smallest absolute Gasteiger partial charge is 0.227 e. The second-order valence-corrected chi connectivity index (χ2v) is 9.36. The Bertz CT molecular complexity index is 1320. The number of guanidine groups is 1. The zero-order valence-electron chi connectivity index (χ0n) is 19.1. The van der Waals surface area contributed by atoms with Crippen molar-refractivity contribution in [3.05, 3.63) is 70.5 Å². The fourth-order valence-corrected chi connectivity index (χ4v) is 5.10. The number of aromatic nitrogens is 4. The highest BCUT2D eigenvalue weighted by atomic mass is 32.1. The zero-order chi connectivity index (χ0) is 23.7. The standard InChI is InChI=1S/C24H26N8OS/c1-15-9-16(20-5-7-27-24(30-20)29-19-11-28-31(2)13-19)3-4-17(15)12-32(23(25)26)22-10-18-14-33-8-6-21(18)34-22/h3-5,7,9-11,13H,6,8,12,14H2,1-2H3,(H3,25,26)(H,27,29,30). The molecular formula is C24H26N8OS. The third-order valence-electron chi connectivity index (χ3n) is 5.75. The quantitative estimate of drug-likeness (QED) is 0.286. The van der Waals surface area contributed by atoms with Crippen LogP contribution in [0.15, 0.2) is 48.9 Å². The maximum Gasteiger partial charge on any atom is 0.227 e. The molecule has 9 nitrogen and oxygen atoms in total. The molecule has 174 valence electrons. The first-order valence-corrected chi connectivity index (χ1v) is 11.8. The van der Waals surface area contributed by atoms with Crippen LogP contribution < -0.4 is 16.0 Å². The summed E-state index contributed by atoms with van der Waals surface area (Å²) in [5.41, 5.74) is 12.0. The van der Waals surface area contributed by atoms with Crippen LogP contribution in [0.2, 0.25) is 0 Å². The number of nitrogens with two attached hydrogens (primary N) is 1. The van der Waals surface area contributed by atoms with Crippen molar-refractivity contribution in [3.63, 3.8) is 0 Å². The summed E-state index contributed by atoms with van der Waals surface area (Å²) in [6.45, 7) is 3.97. The van der Waals surface area contributed by atoms with Gasteiger partial charge in [0, 0.05) is 36.3 Å². The third-order valence-corrected chi connectivity index (χ3v) is 7.01. The predicted octanol–water partition coefficient (Wildman–Crippen LogP) is 3.96. The molecule has 1 aliphatic heterocycles. The van der Waals surface area contributed by atoms with E-state index in [-0.39, 0.29) is 5.96 Å². The molecule has 4 N–H and O–H groups in total. The molecule has 5 rings (SSSR count). The van der Waals surface area contributed by atoms with E-state index in [0.29, 0.717) is 19.1 Å². The lowest BCUT2D eigenvalue weighted by Gasteiger charge is -2.22. The minimum Gasteiger partial charge on any atom is -0.376 e. The summed E-state index contributed by atoms with van der Waals surface area (Å²) in [6.07, 6.45) is 6.25. The summed E-state index contributed by atoms with van der Waals surface area (Å²) in [5.74, 6) is 0.547. The van der Waals surface area contributed by atoms with E-state index in [4.69, 9.17) is 15.9 Å². The van der Waals surface area contributed by atoms with Gasteiger partial charge in [0.05, 0.1) is 42.3 Å². The Hall–Kier alpha value is -3.76. The van der Waals surface area contributed by atoms with Crippen molar-refractivity contribution in [2.45, 2.75) is 26.5 Å². The fourth-order valence-electron chi connectivity index (χ4n) is 3.94. The van der Waals surface area contributed by atoms with Crippen LogP contribution in [0.3, 0.4) is 0 Å². The summed E-state index contributed by atoms with van der Waals surface area (Å²) >= 11 is 1.70. The molecule has 4 heterocycles. The SMILES string of the molecule is Cc1cc(-c2ccnc(Nc3cnn(C)c3)n2)ccc1CN(C(=N)N)c1cc2c(s1)CCOC2. The van der Waals surface area contributed by atoms with E-state index in [1.54, 1.807) is 28.4 Å². The van der Waals surface area contributed by atoms with Gasteiger partial charge in [-0.1, -0.05) is 12.1 Å². The number of benzene rings is 1. The summed E-state index contributed by atoms with van der Waals surface area (Å²) in [5, 5.41) is 16.5. The summed E-state index contributed by atoms with van der Waals surface area (Å²) in [7, 11) is 1.86. The first kappa shape index (κ1) is 22.1. The van der Waals surface area contributed by atoms with Crippen LogP contribution >= 0.6 is 11.3 Å². The number of anilines is 3. The third kappa shape index (κ3) is 4.63. The van der Waals surface area contributed by atoms with Crippen molar-refractivity contribution >= 4 is 33.9 Å². The number of hydrogen-bond acceptors (Lipinski definition) is 7. The monoisotopic (exact) mass is 474 g/mol. The highest BCUT2D eigenvalue weighted by Crippen LogP contribution is 2.34. The van der Waals surface area contributed by atoms with Crippen molar-refractivity contribution in [1.82, 2.24) is 19.7 Å². The second kappa shape index (κ2) is 9.24. The minimum absolute atomic E-state index is 0.0323. The van der Waals surface area contributed by atoms with Crippen molar-refractivity contribution in [2.24, 2.45) is 12.8 Å². The number of hydrogen-bond donors (Lipinski definition) is 3. The molecule has 3 aromatic heterocycles. The highest BCUT2D eigenvalue weighted by molar-refractivity contribution is 7.16. The number of ether oxygens (including phenoxy) is 1. The maximum absolute atomic E-state index is 8.16. The average molecular weight is 475 g/mol. The Morgan fingerprint density at radius 3 is 2.94 bits per heavy atom. The van der Waals surface area contributed by atoms with Crippen molar-refractivity contribution in [3.8, 4) is 11.3 Å². The van der Waals surface area contributed by atoms with Crippen LogP contribution in [0, 0.1) is 12.3 Å². The molecule has 1 aliphatic rings. The van der Waals surface area contributed by atoms with Gasteiger partial charge in [-0.05, 0) is 41.8 Å². The van der Waals surface area contributed by atoms with Gasteiger partial charge in [-0.2, -0.15) is 5.10 Å². The highest BCUT2D eigenvalue weighted by Gasteiger charge is 2.20. The molecule has 0 aliphatic carbocycles. The van der Waals surface area contributed by atoms with Crippen LogP contribution in [0.5, 0.6) is 0 Å². The van der Waals surface area contributed by atoms with E-state index >= 15 is 0 Å². The molecule has 4 aromatic rings. The van der Waals surface area contributed by atoms with E-state index in [0.717, 1.165) is 46.1 Å². The molecule has 0 atom stereocenters. The van der Waals surface area contributed by atoms with Gasteiger partial charge >= 0.3 is 0 Å². The topological polar surface area (TPSA) is 118 Å². The average Bonchev–Trinajstić information content (AvgIpc) is 3.43. The predicted molar refractivity (Wildman–Crippen MR) is 134 cm³/mol. The van der Waals surface area contributed by atoms with Gasteiger partial charge in [-0.15, -0.1) is 11.3 Å². The lowest BCUT2D eigenvalue weighted by molar-refractivity contribution is 0.112. The first-order valence-electron chi connectivity index (χ1n) is 11.0. The van der Waals surface area contributed by atoms with E-state index < -0.39 is 0 Å². The lowest BCUT2D eigenvalue weighted by atomic mass is 10.0. The van der Waals surface area contributed by atoms with E-state index in [1.807, 2.05) is 30.3 Å².